The SMILES string of the molecule is CCOC(C#CCCO[Si](C)(C)C(C)(C)C)OCC. The molecule has 0 aromatic rings. The lowest BCUT2D eigenvalue weighted by Crippen LogP contribution is -2.40. The maximum absolute atomic E-state index is 6.05. The van der Waals surface area contributed by atoms with Crippen LogP contribution in [0.1, 0.15) is 41.0 Å². The molecule has 0 N–H and O–H groups in total. The summed E-state index contributed by atoms with van der Waals surface area (Å²) >= 11 is 0. The molecule has 0 spiro atoms. The van der Waals surface area contributed by atoms with E-state index >= 15 is 0 Å². The van der Waals surface area contributed by atoms with Gasteiger partial charge in [0, 0.05) is 26.2 Å². The fraction of sp³-hybridized carbons (Fsp3) is 0.867. The Kier molecular flexibility index (Phi) is 8.60. The highest BCUT2D eigenvalue weighted by Crippen LogP contribution is 2.36. The first kappa shape index (κ1) is 18.7. The molecule has 0 atom stereocenters. The summed E-state index contributed by atoms with van der Waals surface area (Å²) in [6, 6.07) is 0. The summed E-state index contributed by atoms with van der Waals surface area (Å²) in [5.74, 6) is 6.06. The van der Waals surface area contributed by atoms with Gasteiger partial charge in [0.05, 0.1) is 0 Å². The van der Waals surface area contributed by atoms with Crippen molar-refractivity contribution < 1.29 is 13.9 Å². The molecule has 0 aromatic carbocycles. The van der Waals surface area contributed by atoms with Crippen LogP contribution in [0.5, 0.6) is 0 Å². The van der Waals surface area contributed by atoms with Gasteiger partial charge in [-0.1, -0.05) is 26.7 Å². The van der Waals surface area contributed by atoms with Crippen molar-refractivity contribution in [1.82, 2.24) is 0 Å². The second kappa shape index (κ2) is 8.75. The number of ether oxygens (including phenoxy) is 2. The number of hydrogen-bond acceptors (Lipinski definition) is 3. The van der Waals surface area contributed by atoms with Gasteiger partial charge in [0.2, 0.25) is 6.29 Å². The van der Waals surface area contributed by atoms with E-state index < -0.39 is 14.6 Å². The molecule has 0 unspecified atom stereocenters. The Morgan fingerprint density at radius 1 is 1.05 bits per heavy atom. The zero-order valence-electron chi connectivity index (χ0n) is 13.6. The molecule has 0 aromatic heterocycles. The van der Waals surface area contributed by atoms with Crippen molar-refractivity contribution in [3.63, 3.8) is 0 Å². The third kappa shape index (κ3) is 7.73. The molecule has 0 rings (SSSR count). The second-order valence-electron chi connectivity index (χ2n) is 5.92. The molecule has 0 heterocycles. The summed E-state index contributed by atoms with van der Waals surface area (Å²) in [6.07, 6.45) is 0.325. The van der Waals surface area contributed by atoms with E-state index in [0.717, 1.165) is 6.42 Å². The maximum atomic E-state index is 6.05. The van der Waals surface area contributed by atoms with Gasteiger partial charge in [0.15, 0.2) is 8.32 Å². The molecule has 0 saturated heterocycles. The molecule has 0 amide bonds. The summed E-state index contributed by atoms with van der Waals surface area (Å²) in [5.41, 5.74) is 0. The molecule has 4 heteroatoms. The van der Waals surface area contributed by atoms with Crippen LogP contribution in [0.15, 0.2) is 0 Å². The monoisotopic (exact) mass is 286 g/mol. The minimum atomic E-state index is -1.64. The minimum absolute atomic E-state index is 0.250. The van der Waals surface area contributed by atoms with Crippen LogP contribution in [0.4, 0.5) is 0 Å². The van der Waals surface area contributed by atoms with Gasteiger partial charge in [-0.15, -0.1) is 0 Å². The Labute approximate surface area is 120 Å². The lowest BCUT2D eigenvalue weighted by Gasteiger charge is -2.35. The van der Waals surface area contributed by atoms with Gasteiger partial charge in [-0.25, -0.2) is 0 Å². The molecular weight excluding hydrogens is 256 g/mol. The summed E-state index contributed by atoms with van der Waals surface area (Å²) in [7, 11) is -1.64. The Bertz CT molecular complexity index is 291. The smallest absolute Gasteiger partial charge is 0.222 e. The third-order valence-corrected chi connectivity index (χ3v) is 7.89. The highest BCUT2D eigenvalue weighted by molar-refractivity contribution is 6.74. The van der Waals surface area contributed by atoms with Crippen LogP contribution >= 0.6 is 0 Å². The normalized spacial score (nSPS) is 12.4. The highest BCUT2D eigenvalue weighted by Gasteiger charge is 2.36. The largest absolute Gasteiger partial charge is 0.416 e. The topological polar surface area (TPSA) is 27.7 Å². The van der Waals surface area contributed by atoms with Crippen LogP contribution in [0.25, 0.3) is 0 Å². The number of rotatable bonds is 7. The summed E-state index contributed by atoms with van der Waals surface area (Å²) < 4.78 is 16.8. The van der Waals surface area contributed by atoms with Crippen molar-refractivity contribution in [2.45, 2.75) is 65.5 Å². The Morgan fingerprint density at radius 3 is 2.00 bits per heavy atom. The van der Waals surface area contributed by atoms with E-state index in [4.69, 9.17) is 13.9 Å². The van der Waals surface area contributed by atoms with Crippen molar-refractivity contribution in [3.8, 4) is 11.8 Å². The highest BCUT2D eigenvalue weighted by atomic mass is 28.4. The van der Waals surface area contributed by atoms with E-state index in [1.54, 1.807) is 0 Å². The quantitative estimate of drug-likeness (QED) is 0.308. The lowest BCUT2D eigenvalue weighted by molar-refractivity contribution is -0.0970. The molecule has 0 aliphatic heterocycles. The molecule has 0 saturated carbocycles. The Balaban J connectivity index is 4.10. The van der Waals surface area contributed by atoms with Crippen LogP contribution in [0, 0.1) is 11.8 Å². The molecule has 0 fully saturated rings. The Morgan fingerprint density at radius 2 is 1.58 bits per heavy atom. The van der Waals surface area contributed by atoms with E-state index in [9.17, 15) is 0 Å². The van der Waals surface area contributed by atoms with Crippen molar-refractivity contribution in [2.75, 3.05) is 19.8 Å². The average Bonchev–Trinajstić information content (AvgIpc) is 2.27. The fourth-order valence-electron chi connectivity index (χ4n) is 1.16. The molecule has 19 heavy (non-hydrogen) atoms. The van der Waals surface area contributed by atoms with Crippen LogP contribution in [-0.4, -0.2) is 34.4 Å². The zero-order chi connectivity index (χ0) is 14.9. The van der Waals surface area contributed by atoms with E-state index in [1.807, 2.05) is 13.8 Å². The predicted octanol–water partition coefficient (Wildman–Crippen LogP) is 3.80. The van der Waals surface area contributed by atoms with E-state index in [0.29, 0.717) is 19.8 Å². The van der Waals surface area contributed by atoms with Crippen LogP contribution in [-0.2, 0) is 13.9 Å². The zero-order valence-corrected chi connectivity index (χ0v) is 14.6. The van der Waals surface area contributed by atoms with Crippen LogP contribution < -0.4 is 0 Å². The molecule has 112 valence electrons. The lowest BCUT2D eigenvalue weighted by atomic mass is 10.2. The van der Waals surface area contributed by atoms with Gasteiger partial charge in [-0.2, -0.15) is 0 Å². The molecule has 0 aliphatic rings. The van der Waals surface area contributed by atoms with Crippen molar-refractivity contribution in [3.05, 3.63) is 0 Å². The molecule has 3 nitrogen and oxygen atoms in total. The summed E-state index contributed by atoms with van der Waals surface area (Å²) in [5, 5.41) is 0.250. The Hall–Kier alpha value is -0.343. The first-order chi connectivity index (χ1) is 8.74. The van der Waals surface area contributed by atoms with E-state index in [2.05, 4.69) is 45.7 Å². The fourth-order valence-corrected chi connectivity index (χ4v) is 2.21. The molecule has 0 aliphatic carbocycles. The average molecular weight is 286 g/mol. The van der Waals surface area contributed by atoms with Gasteiger partial charge in [0.25, 0.3) is 0 Å². The molecular formula is C15H30O3Si. The van der Waals surface area contributed by atoms with Crippen molar-refractivity contribution in [1.29, 1.82) is 0 Å². The van der Waals surface area contributed by atoms with Gasteiger partial charge >= 0.3 is 0 Å². The van der Waals surface area contributed by atoms with Gasteiger partial charge in [-0.3, -0.25) is 0 Å². The number of hydrogen-bond donors (Lipinski definition) is 0. The van der Waals surface area contributed by atoms with Gasteiger partial charge in [0.1, 0.15) is 0 Å². The van der Waals surface area contributed by atoms with E-state index in [1.165, 1.54) is 0 Å². The summed E-state index contributed by atoms with van der Waals surface area (Å²) in [6.45, 7) is 17.0. The summed E-state index contributed by atoms with van der Waals surface area (Å²) in [4.78, 5) is 0. The van der Waals surface area contributed by atoms with Gasteiger partial charge < -0.3 is 13.9 Å². The van der Waals surface area contributed by atoms with E-state index in [-0.39, 0.29) is 5.04 Å². The van der Waals surface area contributed by atoms with Crippen LogP contribution in [0.3, 0.4) is 0 Å². The maximum Gasteiger partial charge on any atom is 0.222 e. The third-order valence-electron chi connectivity index (χ3n) is 3.35. The predicted molar refractivity (Wildman–Crippen MR) is 82.6 cm³/mol. The van der Waals surface area contributed by atoms with Gasteiger partial charge in [-0.05, 0) is 37.9 Å². The van der Waals surface area contributed by atoms with Crippen molar-refractivity contribution >= 4 is 8.32 Å². The first-order valence-corrected chi connectivity index (χ1v) is 10.0. The second-order valence-corrected chi connectivity index (χ2v) is 10.7. The first-order valence-electron chi connectivity index (χ1n) is 7.10. The molecule has 0 bridgehead atoms. The minimum Gasteiger partial charge on any atom is -0.416 e. The van der Waals surface area contributed by atoms with Crippen molar-refractivity contribution in [2.24, 2.45) is 0 Å². The van der Waals surface area contributed by atoms with Crippen LogP contribution in [0.2, 0.25) is 18.1 Å². The standard InChI is InChI=1S/C15H30O3Si/c1-8-16-14(17-9-2)12-10-11-13-18-19(6,7)15(3,4)5/h14H,8-9,11,13H2,1-7H3. The molecule has 0 radical (unpaired) electrons.